The number of fused-ring (bicyclic) bond motifs is 1. The van der Waals surface area contributed by atoms with E-state index < -0.39 is 0 Å². The van der Waals surface area contributed by atoms with E-state index in [2.05, 4.69) is 63.0 Å². The van der Waals surface area contributed by atoms with Crippen molar-refractivity contribution in [2.24, 2.45) is 5.92 Å². The molecule has 136 valence electrons. The van der Waals surface area contributed by atoms with Gasteiger partial charge >= 0.3 is 5.97 Å². The van der Waals surface area contributed by atoms with Gasteiger partial charge in [-0.25, -0.2) is 4.79 Å². The zero-order valence-corrected chi connectivity index (χ0v) is 16.2. The molecule has 0 bridgehead atoms. The maximum absolute atomic E-state index is 12.1. The van der Waals surface area contributed by atoms with Crippen LogP contribution >= 0.6 is 0 Å². The van der Waals surface area contributed by atoms with Crippen LogP contribution < -0.4 is 0 Å². The normalized spacial score (nSPS) is 13.8. The first-order chi connectivity index (χ1) is 12.4. The van der Waals surface area contributed by atoms with E-state index in [1.54, 1.807) is 6.07 Å². The highest BCUT2D eigenvalue weighted by molar-refractivity contribution is 6.04. The Morgan fingerprint density at radius 3 is 2.42 bits per heavy atom. The Bertz CT molecular complexity index is 921. The summed E-state index contributed by atoms with van der Waals surface area (Å²) in [6.45, 7) is 8.95. The number of rotatable bonds is 5. The number of benzene rings is 2. The Kier molecular flexibility index (Phi) is 4.90. The van der Waals surface area contributed by atoms with E-state index in [9.17, 15) is 4.79 Å². The van der Waals surface area contributed by atoms with Gasteiger partial charge in [0.1, 0.15) is 0 Å². The zero-order chi connectivity index (χ0) is 18.9. The van der Waals surface area contributed by atoms with Crippen LogP contribution in [0.15, 0.2) is 48.7 Å². The Hall–Kier alpha value is -2.55. The molecule has 1 N–H and O–H groups in total. The molecule has 0 aliphatic heterocycles. The maximum Gasteiger partial charge on any atom is 0.339 e. The molecule has 0 amide bonds. The predicted molar refractivity (Wildman–Crippen MR) is 107 cm³/mol. The van der Waals surface area contributed by atoms with Crippen LogP contribution in [0.2, 0.25) is 0 Å². The van der Waals surface area contributed by atoms with Crippen molar-refractivity contribution < 1.29 is 9.53 Å². The lowest BCUT2D eigenvalue weighted by Gasteiger charge is -2.35. The minimum atomic E-state index is -0.317. The summed E-state index contributed by atoms with van der Waals surface area (Å²) in [5.41, 5.74) is 5.08. The third-order valence-electron chi connectivity index (χ3n) is 5.80. The predicted octanol–water partition coefficient (Wildman–Crippen LogP) is 5.48. The lowest BCUT2D eigenvalue weighted by atomic mass is 9.68. The first-order valence-electron chi connectivity index (χ1n) is 9.21. The molecule has 26 heavy (non-hydrogen) atoms. The fraction of sp³-hybridized carbons (Fsp3) is 0.348. The Morgan fingerprint density at radius 1 is 1.15 bits per heavy atom. The summed E-state index contributed by atoms with van der Waals surface area (Å²) in [7, 11) is 1.42. The highest BCUT2D eigenvalue weighted by Crippen LogP contribution is 2.42. The van der Waals surface area contributed by atoms with Gasteiger partial charge in [0, 0.05) is 17.0 Å². The topological polar surface area (TPSA) is 42.1 Å². The molecule has 0 aliphatic rings. The Labute approximate surface area is 155 Å². The Balaban J connectivity index is 2.21. The van der Waals surface area contributed by atoms with Gasteiger partial charge in [0.15, 0.2) is 0 Å². The van der Waals surface area contributed by atoms with E-state index in [0.717, 1.165) is 17.3 Å². The van der Waals surface area contributed by atoms with Crippen LogP contribution in [0.1, 0.15) is 54.7 Å². The molecule has 3 aromatic rings. The largest absolute Gasteiger partial charge is 0.465 e. The van der Waals surface area contributed by atoms with Crippen molar-refractivity contribution in [2.45, 2.75) is 39.5 Å². The summed E-state index contributed by atoms with van der Waals surface area (Å²) in [4.78, 5) is 15.4. The van der Waals surface area contributed by atoms with Crippen LogP contribution in [-0.2, 0) is 16.6 Å². The van der Waals surface area contributed by atoms with E-state index in [-0.39, 0.29) is 11.4 Å². The van der Waals surface area contributed by atoms with Crippen LogP contribution in [0.4, 0.5) is 0 Å². The molecule has 0 radical (unpaired) electrons. The number of carbonyl (C=O) groups excluding carboxylic acids is 1. The van der Waals surface area contributed by atoms with Crippen LogP contribution in [0.25, 0.3) is 10.9 Å². The van der Waals surface area contributed by atoms with Gasteiger partial charge in [0.2, 0.25) is 0 Å². The van der Waals surface area contributed by atoms with Gasteiger partial charge in [-0.1, -0.05) is 64.1 Å². The smallest absolute Gasteiger partial charge is 0.339 e. The number of ether oxygens (including phenoxy) is 1. The van der Waals surface area contributed by atoms with Crippen molar-refractivity contribution in [1.29, 1.82) is 0 Å². The van der Waals surface area contributed by atoms with Gasteiger partial charge in [-0.15, -0.1) is 0 Å². The number of H-pyrrole nitrogens is 1. The number of methoxy groups -OCH3 is 1. The van der Waals surface area contributed by atoms with Gasteiger partial charge in [0.25, 0.3) is 0 Å². The summed E-state index contributed by atoms with van der Waals surface area (Å²) < 4.78 is 4.94. The molecule has 0 spiro atoms. The van der Waals surface area contributed by atoms with Crippen LogP contribution in [0.3, 0.4) is 0 Å². The summed E-state index contributed by atoms with van der Waals surface area (Å²) in [5.74, 6) is 0.0679. The number of hydrogen-bond donors (Lipinski definition) is 1. The number of aromatic nitrogens is 1. The molecule has 0 saturated heterocycles. The molecule has 3 heteroatoms. The quantitative estimate of drug-likeness (QED) is 0.620. The van der Waals surface area contributed by atoms with E-state index in [0.29, 0.717) is 11.5 Å². The highest BCUT2D eigenvalue weighted by Gasteiger charge is 2.35. The summed E-state index contributed by atoms with van der Waals surface area (Å²) in [5, 5.41) is 1.07. The first kappa shape index (κ1) is 18.2. The van der Waals surface area contributed by atoms with Crippen LogP contribution in [-0.4, -0.2) is 18.1 Å². The molecule has 0 saturated carbocycles. The van der Waals surface area contributed by atoms with Gasteiger partial charge in [-0.2, -0.15) is 0 Å². The van der Waals surface area contributed by atoms with Gasteiger partial charge in [-0.05, 0) is 35.1 Å². The number of nitrogens with one attached hydrogen (secondary N) is 1. The second-order valence-electron chi connectivity index (χ2n) is 7.33. The third kappa shape index (κ3) is 2.82. The fourth-order valence-corrected chi connectivity index (χ4v) is 3.75. The number of esters is 1. The van der Waals surface area contributed by atoms with Gasteiger partial charge in [0.05, 0.1) is 18.2 Å². The average Bonchev–Trinajstić information content (AvgIpc) is 3.11. The molecule has 3 nitrogen and oxygen atoms in total. The minimum Gasteiger partial charge on any atom is -0.465 e. The van der Waals surface area contributed by atoms with Crippen molar-refractivity contribution in [1.82, 2.24) is 4.98 Å². The van der Waals surface area contributed by atoms with Gasteiger partial charge < -0.3 is 9.72 Å². The molecular formula is C23H27NO2. The number of aryl methyl sites for hydroxylation is 1. The molecule has 0 fully saturated rings. The standard InChI is InChI=1S/C23H27NO2/c1-6-16-10-12-17(13-11-16)23(4,15(2)3)20-14-24-21-18(20)8-7-9-19(21)22(25)26-5/h7-15,24H,6H2,1-5H3. The average molecular weight is 349 g/mol. The molecule has 1 unspecified atom stereocenters. The van der Waals surface area contributed by atoms with E-state index in [4.69, 9.17) is 4.74 Å². The van der Waals surface area contributed by atoms with E-state index >= 15 is 0 Å². The van der Waals surface area contributed by atoms with Gasteiger partial charge in [-0.3, -0.25) is 0 Å². The summed E-state index contributed by atoms with van der Waals surface area (Å²) in [6, 6.07) is 14.7. The molecule has 1 heterocycles. The maximum atomic E-state index is 12.1. The van der Waals surface area contributed by atoms with Crippen LogP contribution in [0, 0.1) is 5.92 Å². The fourth-order valence-electron chi connectivity index (χ4n) is 3.75. The second kappa shape index (κ2) is 6.99. The summed E-state index contributed by atoms with van der Waals surface area (Å²) >= 11 is 0. The van der Waals surface area contributed by atoms with Crippen molar-refractivity contribution in [3.63, 3.8) is 0 Å². The molecular weight excluding hydrogens is 322 g/mol. The lowest BCUT2D eigenvalue weighted by molar-refractivity contribution is 0.0603. The lowest BCUT2D eigenvalue weighted by Crippen LogP contribution is -2.30. The molecule has 0 aliphatic carbocycles. The SMILES string of the molecule is CCc1ccc(C(C)(c2c[nH]c3c(C(=O)OC)cccc23)C(C)C)cc1. The first-order valence-corrected chi connectivity index (χ1v) is 9.21. The Morgan fingerprint density at radius 2 is 1.85 bits per heavy atom. The third-order valence-corrected chi connectivity index (χ3v) is 5.80. The van der Waals surface area contributed by atoms with E-state index in [1.807, 2.05) is 12.3 Å². The van der Waals surface area contributed by atoms with Crippen LogP contribution in [0.5, 0.6) is 0 Å². The number of hydrogen-bond acceptors (Lipinski definition) is 2. The van der Waals surface area contributed by atoms with Crippen molar-refractivity contribution >= 4 is 16.9 Å². The second-order valence-corrected chi connectivity index (χ2v) is 7.33. The molecule has 1 atom stereocenters. The number of aromatic amines is 1. The summed E-state index contributed by atoms with van der Waals surface area (Å²) in [6.07, 6.45) is 3.08. The monoisotopic (exact) mass is 349 g/mol. The minimum absolute atomic E-state index is 0.167. The zero-order valence-electron chi connectivity index (χ0n) is 16.2. The van der Waals surface area contributed by atoms with Crippen molar-refractivity contribution in [3.05, 3.63) is 70.9 Å². The molecule has 2 aromatic carbocycles. The molecule has 1 aromatic heterocycles. The van der Waals surface area contributed by atoms with Crippen molar-refractivity contribution in [3.8, 4) is 0 Å². The number of para-hydroxylation sites is 1. The van der Waals surface area contributed by atoms with Crippen molar-refractivity contribution in [2.75, 3.05) is 7.11 Å². The van der Waals surface area contributed by atoms with E-state index in [1.165, 1.54) is 23.8 Å². The molecule has 3 rings (SSSR count). The highest BCUT2D eigenvalue weighted by atomic mass is 16.5. The number of carbonyl (C=O) groups is 1.